The highest BCUT2D eigenvalue weighted by atomic mass is 35.5. The van der Waals surface area contributed by atoms with Gasteiger partial charge in [-0.2, -0.15) is 4.42 Å². The van der Waals surface area contributed by atoms with Crippen LogP contribution in [0, 0.1) is 0 Å². The molecule has 9 nitrogen and oxygen atoms in total. The lowest BCUT2D eigenvalue weighted by Crippen LogP contribution is -2.47. The maximum absolute atomic E-state index is 13.3. The van der Waals surface area contributed by atoms with Gasteiger partial charge in [0.05, 0.1) is 13.0 Å². The van der Waals surface area contributed by atoms with Gasteiger partial charge in [-0.3, -0.25) is 14.4 Å². The van der Waals surface area contributed by atoms with Gasteiger partial charge in [-0.25, -0.2) is 4.99 Å². The number of para-hydroxylation sites is 2. The van der Waals surface area contributed by atoms with E-state index in [0.717, 1.165) is 21.1 Å². The number of rotatable bonds is 12. The van der Waals surface area contributed by atoms with Gasteiger partial charge in [-0.1, -0.05) is 91.0 Å². The number of fused-ring (bicyclic) bond motifs is 1. The Balaban J connectivity index is 1.28. The van der Waals surface area contributed by atoms with E-state index in [-0.39, 0.29) is 43.2 Å². The number of benzene rings is 4. The summed E-state index contributed by atoms with van der Waals surface area (Å²) >= 11 is 6.66. The number of anilines is 1. The molecule has 0 spiro atoms. The van der Waals surface area contributed by atoms with E-state index in [2.05, 4.69) is 5.32 Å². The van der Waals surface area contributed by atoms with Crippen LogP contribution in [0.2, 0.25) is 0 Å². The van der Waals surface area contributed by atoms with Crippen LogP contribution >= 0.6 is 11.8 Å². The number of halogens is 1. The zero-order chi connectivity index (χ0) is 32.3. The highest BCUT2D eigenvalue weighted by Crippen LogP contribution is 2.36. The zero-order valence-electron chi connectivity index (χ0n) is 25.6. The van der Waals surface area contributed by atoms with E-state index in [1.807, 2.05) is 91.0 Å². The Bertz CT molecular complexity index is 1670. The van der Waals surface area contributed by atoms with Crippen molar-refractivity contribution in [2.24, 2.45) is 4.99 Å². The molecule has 0 unspecified atom stereocenters. The molecule has 10 heteroatoms. The third-order valence-corrected chi connectivity index (χ3v) is 7.74. The molecule has 5 rings (SSSR count). The summed E-state index contributed by atoms with van der Waals surface area (Å²) < 4.78 is 7.09. The lowest BCUT2D eigenvalue weighted by Gasteiger charge is -2.33. The Hall–Kier alpha value is -5.15. The summed E-state index contributed by atoms with van der Waals surface area (Å²) in [5, 5.41) is 2.88. The Labute approximate surface area is 274 Å². The van der Waals surface area contributed by atoms with E-state index in [1.54, 1.807) is 35.0 Å². The van der Waals surface area contributed by atoms with Crippen LogP contribution in [-0.4, -0.2) is 58.1 Å². The van der Waals surface area contributed by atoms with Crippen molar-refractivity contribution in [3.63, 3.8) is 0 Å². The molecule has 0 atom stereocenters. The van der Waals surface area contributed by atoms with Gasteiger partial charge in [0, 0.05) is 49.6 Å². The van der Waals surface area contributed by atoms with Crippen LogP contribution in [0.4, 0.5) is 11.4 Å². The van der Waals surface area contributed by atoms with Gasteiger partial charge < -0.3 is 19.9 Å². The predicted molar refractivity (Wildman–Crippen MR) is 180 cm³/mol. The van der Waals surface area contributed by atoms with Crippen LogP contribution < -0.4 is 10.1 Å². The fraction of sp³-hybridized carbons (Fsp3) is 0.222. The number of guanidine groups is 1. The maximum atomic E-state index is 13.3. The van der Waals surface area contributed by atoms with Gasteiger partial charge in [-0.05, 0) is 35.7 Å². The largest absolute Gasteiger partial charge is 0.491 e. The minimum Gasteiger partial charge on any atom is -0.491 e. The van der Waals surface area contributed by atoms with Crippen LogP contribution in [0.5, 0.6) is 5.75 Å². The quantitative estimate of drug-likeness (QED) is 0.148. The lowest BCUT2D eigenvalue weighted by molar-refractivity contribution is -0.130. The molecule has 0 aliphatic carbocycles. The molecule has 46 heavy (non-hydrogen) atoms. The number of amides is 3. The van der Waals surface area contributed by atoms with Crippen molar-refractivity contribution in [2.75, 3.05) is 25.5 Å². The van der Waals surface area contributed by atoms with Crippen molar-refractivity contribution in [2.45, 2.75) is 32.4 Å². The van der Waals surface area contributed by atoms with E-state index in [9.17, 15) is 14.4 Å². The van der Waals surface area contributed by atoms with Crippen molar-refractivity contribution < 1.29 is 19.1 Å². The summed E-state index contributed by atoms with van der Waals surface area (Å²) in [5.74, 6) is 0.000375. The Kier molecular flexibility index (Phi) is 11.0. The number of hydrogen-bond acceptors (Lipinski definition) is 6. The van der Waals surface area contributed by atoms with Crippen LogP contribution in [-0.2, 0) is 33.9 Å². The number of carbonyl (C=O) groups excluding carboxylic acids is 3. The number of aliphatic imine (C=N–C) groups is 1. The van der Waals surface area contributed by atoms with Crippen LogP contribution in [0.3, 0.4) is 0 Å². The summed E-state index contributed by atoms with van der Waals surface area (Å²) in [5.41, 5.74) is 3.88. The number of carbonyl (C=O) groups is 3. The van der Waals surface area contributed by atoms with Crippen molar-refractivity contribution in [3.05, 3.63) is 126 Å². The Morgan fingerprint density at radius 3 is 2.20 bits per heavy atom. The second kappa shape index (κ2) is 15.7. The number of hydrogen-bond donors (Lipinski definition) is 1. The molecule has 0 aromatic heterocycles. The SMILES string of the molecule is CN(Cc1ccccc1)C(=O)CCCOc1cccc2c1N=C(N(Cl)C(=O)Cc1ccccc1)N(CC(=O)Nc1ccccc1)C2. The molecule has 0 saturated carbocycles. The first-order valence-electron chi connectivity index (χ1n) is 15.1. The Morgan fingerprint density at radius 2 is 1.50 bits per heavy atom. The Morgan fingerprint density at radius 1 is 0.848 bits per heavy atom. The molecule has 1 aliphatic heterocycles. The van der Waals surface area contributed by atoms with Crippen molar-refractivity contribution in [1.29, 1.82) is 0 Å². The zero-order valence-corrected chi connectivity index (χ0v) is 26.4. The smallest absolute Gasteiger partial charge is 0.248 e. The number of ether oxygens (including phenoxy) is 1. The van der Waals surface area contributed by atoms with Crippen LogP contribution in [0.25, 0.3) is 0 Å². The molecular weight excluding hydrogens is 602 g/mol. The molecule has 1 aliphatic rings. The molecule has 1 heterocycles. The van der Waals surface area contributed by atoms with Crippen LogP contribution in [0.15, 0.2) is 114 Å². The topological polar surface area (TPSA) is 94.6 Å². The minimum atomic E-state index is -0.389. The summed E-state index contributed by atoms with van der Waals surface area (Å²) in [6.45, 7) is 1.03. The third kappa shape index (κ3) is 8.73. The summed E-state index contributed by atoms with van der Waals surface area (Å²) in [6, 6.07) is 33.8. The van der Waals surface area contributed by atoms with Gasteiger partial charge in [0.1, 0.15) is 18.0 Å². The normalized spacial score (nSPS) is 12.0. The highest BCUT2D eigenvalue weighted by Gasteiger charge is 2.30. The monoisotopic (exact) mass is 637 g/mol. The first-order valence-corrected chi connectivity index (χ1v) is 15.4. The van der Waals surface area contributed by atoms with E-state index in [4.69, 9.17) is 21.5 Å². The van der Waals surface area contributed by atoms with Gasteiger partial charge in [0.15, 0.2) is 0 Å². The first-order chi connectivity index (χ1) is 22.4. The van der Waals surface area contributed by atoms with E-state index >= 15 is 0 Å². The fourth-order valence-electron chi connectivity index (χ4n) is 5.07. The van der Waals surface area contributed by atoms with Crippen LogP contribution in [0.1, 0.15) is 29.5 Å². The molecule has 0 radical (unpaired) electrons. The molecule has 1 N–H and O–H groups in total. The second-order valence-electron chi connectivity index (χ2n) is 11.0. The lowest BCUT2D eigenvalue weighted by atomic mass is 10.1. The second-order valence-corrected chi connectivity index (χ2v) is 11.3. The molecule has 0 fully saturated rings. The average Bonchev–Trinajstić information content (AvgIpc) is 3.07. The fourth-order valence-corrected chi connectivity index (χ4v) is 5.27. The van der Waals surface area contributed by atoms with Gasteiger partial charge in [0.25, 0.3) is 0 Å². The summed E-state index contributed by atoms with van der Waals surface area (Å²) in [7, 11) is 1.79. The molecule has 0 bridgehead atoms. The predicted octanol–water partition coefficient (Wildman–Crippen LogP) is 6.17. The molecule has 4 aromatic rings. The van der Waals surface area contributed by atoms with Gasteiger partial charge >= 0.3 is 0 Å². The molecule has 0 saturated heterocycles. The summed E-state index contributed by atoms with van der Waals surface area (Å²) in [4.78, 5) is 47.2. The van der Waals surface area contributed by atoms with Crippen molar-refractivity contribution in [1.82, 2.24) is 14.2 Å². The maximum Gasteiger partial charge on any atom is 0.248 e. The van der Waals surface area contributed by atoms with E-state index in [0.29, 0.717) is 43.1 Å². The summed E-state index contributed by atoms with van der Waals surface area (Å²) in [6.07, 6.45) is 0.910. The van der Waals surface area contributed by atoms with E-state index < -0.39 is 0 Å². The minimum absolute atomic E-state index is 0.0296. The average molecular weight is 638 g/mol. The third-order valence-electron chi connectivity index (χ3n) is 7.40. The molecule has 3 amide bonds. The van der Waals surface area contributed by atoms with E-state index in [1.165, 1.54) is 0 Å². The van der Waals surface area contributed by atoms with Crippen molar-refractivity contribution in [3.8, 4) is 5.75 Å². The van der Waals surface area contributed by atoms with Crippen molar-refractivity contribution >= 4 is 46.8 Å². The number of nitrogens with zero attached hydrogens (tertiary/aromatic N) is 4. The molecule has 4 aromatic carbocycles. The highest BCUT2D eigenvalue weighted by molar-refractivity contribution is 6.31. The van der Waals surface area contributed by atoms with Gasteiger partial charge in [-0.15, -0.1) is 0 Å². The standard InChI is InChI=1S/C36H36ClN5O4/c1-40(24-28-15-7-3-8-16-28)33(44)21-12-22-46-31-20-11-17-29-25-41(26-32(43)38-30-18-9-4-10-19-30)36(39-35(29)31)42(37)34(45)23-27-13-5-2-6-14-27/h2-11,13-20H,12,21-26H2,1H3,(H,38,43). The molecule has 236 valence electrons. The first kappa shape index (κ1) is 32.2. The van der Waals surface area contributed by atoms with Gasteiger partial charge in [0.2, 0.25) is 23.7 Å². The molecular formula is C36H36ClN5O4. The number of nitrogens with one attached hydrogen (secondary N) is 1.